The molecule has 0 radical (unpaired) electrons. The van der Waals surface area contributed by atoms with Crippen LogP contribution in [0.3, 0.4) is 0 Å². The van der Waals surface area contributed by atoms with Gasteiger partial charge in [-0.25, -0.2) is 0 Å². The first kappa shape index (κ1) is 18.1. The van der Waals surface area contributed by atoms with Crippen molar-refractivity contribution in [3.63, 3.8) is 0 Å². The number of nitrogens with zero attached hydrogens (tertiary/aromatic N) is 1. The highest BCUT2D eigenvalue weighted by atomic mass is 127. The Morgan fingerprint density at radius 1 is 1.38 bits per heavy atom. The normalized spacial score (nSPS) is 16.3. The first-order valence-corrected chi connectivity index (χ1v) is 7.25. The van der Waals surface area contributed by atoms with Gasteiger partial charge in [-0.05, 0) is 42.7 Å². The summed E-state index contributed by atoms with van der Waals surface area (Å²) in [6.45, 7) is 5.35. The van der Waals surface area contributed by atoms with Crippen LogP contribution >= 0.6 is 24.0 Å². The lowest BCUT2D eigenvalue weighted by Crippen LogP contribution is -2.24. The maximum atomic E-state index is 5.98. The fraction of sp³-hybridized carbons (Fsp3) is 0.562. The number of benzene rings is 1. The van der Waals surface area contributed by atoms with E-state index < -0.39 is 0 Å². The molecule has 0 bridgehead atoms. The molecule has 2 rings (SSSR count). The number of guanidine groups is 1. The third-order valence-corrected chi connectivity index (χ3v) is 3.75. The van der Waals surface area contributed by atoms with Gasteiger partial charge in [-0.3, -0.25) is 4.99 Å². The summed E-state index contributed by atoms with van der Waals surface area (Å²) in [5.41, 5.74) is 7.23. The summed E-state index contributed by atoms with van der Waals surface area (Å²) in [6, 6.07) is 7.71. The summed E-state index contributed by atoms with van der Waals surface area (Å²) < 4.78 is 5.28. The van der Waals surface area contributed by atoms with Crippen molar-refractivity contribution in [2.24, 2.45) is 22.1 Å². The van der Waals surface area contributed by atoms with E-state index in [9.17, 15) is 0 Å². The SMILES string of the molecule is COc1ccccc1NC(N)=NCC1(CC(C)C)CC1.I. The molecule has 0 spiro atoms. The molecule has 118 valence electrons. The summed E-state index contributed by atoms with van der Waals surface area (Å²) in [7, 11) is 1.65. The number of methoxy groups -OCH3 is 1. The summed E-state index contributed by atoms with van der Waals surface area (Å²) in [5, 5.41) is 3.12. The van der Waals surface area contributed by atoms with E-state index in [4.69, 9.17) is 10.5 Å². The van der Waals surface area contributed by atoms with Gasteiger partial charge < -0.3 is 15.8 Å². The van der Waals surface area contributed by atoms with E-state index in [1.54, 1.807) is 7.11 Å². The number of anilines is 1. The van der Waals surface area contributed by atoms with E-state index in [0.29, 0.717) is 11.4 Å². The number of hydrogen-bond acceptors (Lipinski definition) is 2. The van der Waals surface area contributed by atoms with Gasteiger partial charge in [0.05, 0.1) is 12.8 Å². The van der Waals surface area contributed by atoms with Crippen LogP contribution in [0.25, 0.3) is 0 Å². The van der Waals surface area contributed by atoms with Crippen molar-refractivity contribution in [3.8, 4) is 5.75 Å². The van der Waals surface area contributed by atoms with Gasteiger partial charge in [0.15, 0.2) is 5.96 Å². The first-order chi connectivity index (χ1) is 9.54. The van der Waals surface area contributed by atoms with Gasteiger partial charge in [0.25, 0.3) is 0 Å². The largest absolute Gasteiger partial charge is 0.495 e. The molecule has 1 aromatic rings. The van der Waals surface area contributed by atoms with E-state index in [1.165, 1.54) is 19.3 Å². The van der Waals surface area contributed by atoms with Gasteiger partial charge in [-0.1, -0.05) is 26.0 Å². The van der Waals surface area contributed by atoms with E-state index >= 15 is 0 Å². The maximum absolute atomic E-state index is 5.98. The zero-order valence-electron chi connectivity index (χ0n) is 13.1. The minimum atomic E-state index is 0. The molecule has 0 unspecified atom stereocenters. The van der Waals surface area contributed by atoms with Crippen LogP contribution in [0.15, 0.2) is 29.3 Å². The molecule has 1 saturated carbocycles. The van der Waals surface area contributed by atoms with Gasteiger partial charge in [0.2, 0.25) is 0 Å². The van der Waals surface area contributed by atoms with Crippen LogP contribution in [-0.2, 0) is 0 Å². The Morgan fingerprint density at radius 3 is 2.62 bits per heavy atom. The predicted molar refractivity (Wildman–Crippen MR) is 99.6 cm³/mol. The van der Waals surface area contributed by atoms with Gasteiger partial charge in [0, 0.05) is 6.54 Å². The van der Waals surface area contributed by atoms with Crippen LogP contribution in [0, 0.1) is 11.3 Å². The lowest BCUT2D eigenvalue weighted by Gasteiger charge is -2.16. The average Bonchev–Trinajstić information content (AvgIpc) is 3.16. The molecule has 0 heterocycles. The second-order valence-electron chi connectivity index (χ2n) is 6.12. The van der Waals surface area contributed by atoms with Crippen LogP contribution in [0.5, 0.6) is 5.75 Å². The fourth-order valence-electron chi connectivity index (χ4n) is 2.65. The van der Waals surface area contributed by atoms with Crippen LogP contribution < -0.4 is 15.8 Å². The number of para-hydroxylation sites is 2. The molecule has 0 atom stereocenters. The van der Waals surface area contributed by atoms with Crippen LogP contribution in [0.4, 0.5) is 5.69 Å². The Labute approximate surface area is 144 Å². The van der Waals surface area contributed by atoms with E-state index in [2.05, 4.69) is 24.2 Å². The van der Waals surface area contributed by atoms with Crippen LogP contribution in [-0.4, -0.2) is 19.6 Å². The molecule has 5 heteroatoms. The third kappa shape index (κ3) is 5.37. The van der Waals surface area contributed by atoms with Gasteiger partial charge in [-0.2, -0.15) is 0 Å². The van der Waals surface area contributed by atoms with Gasteiger partial charge in [-0.15, -0.1) is 24.0 Å². The quantitative estimate of drug-likeness (QED) is 0.431. The van der Waals surface area contributed by atoms with E-state index in [0.717, 1.165) is 23.9 Å². The minimum absolute atomic E-state index is 0. The number of hydrogen-bond donors (Lipinski definition) is 2. The highest BCUT2D eigenvalue weighted by Gasteiger charge is 2.42. The van der Waals surface area contributed by atoms with Gasteiger partial charge >= 0.3 is 0 Å². The zero-order chi connectivity index (χ0) is 14.6. The van der Waals surface area contributed by atoms with Crippen molar-refractivity contribution in [1.82, 2.24) is 0 Å². The molecular formula is C16H26IN3O. The fourth-order valence-corrected chi connectivity index (χ4v) is 2.65. The molecule has 4 nitrogen and oxygen atoms in total. The van der Waals surface area contributed by atoms with E-state index in [1.807, 2.05) is 24.3 Å². The zero-order valence-corrected chi connectivity index (χ0v) is 15.4. The summed E-state index contributed by atoms with van der Waals surface area (Å²) >= 11 is 0. The molecule has 1 aliphatic rings. The maximum Gasteiger partial charge on any atom is 0.193 e. The Kier molecular flexibility index (Phi) is 6.77. The van der Waals surface area contributed by atoms with Crippen molar-refractivity contribution < 1.29 is 4.74 Å². The number of rotatable bonds is 6. The molecule has 3 N–H and O–H groups in total. The molecule has 1 aromatic carbocycles. The number of nitrogens with two attached hydrogens (primary N) is 1. The number of ether oxygens (including phenoxy) is 1. The van der Waals surface area contributed by atoms with Crippen molar-refractivity contribution >= 4 is 35.6 Å². The topological polar surface area (TPSA) is 59.6 Å². The lowest BCUT2D eigenvalue weighted by molar-refractivity contribution is 0.399. The second-order valence-corrected chi connectivity index (χ2v) is 6.12. The monoisotopic (exact) mass is 403 g/mol. The molecular weight excluding hydrogens is 377 g/mol. The second kappa shape index (κ2) is 7.87. The van der Waals surface area contributed by atoms with Crippen LogP contribution in [0.1, 0.15) is 33.1 Å². The van der Waals surface area contributed by atoms with Crippen molar-refractivity contribution in [1.29, 1.82) is 0 Å². The highest BCUT2D eigenvalue weighted by molar-refractivity contribution is 14.0. The molecule has 0 amide bonds. The smallest absolute Gasteiger partial charge is 0.193 e. The lowest BCUT2D eigenvalue weighted by atomic mass is 9.94. The summed E-state index contributed by atoms with van der Waals surface area (Å²) in [5.74, 6) is 1.95. The minimum Gasteiger partial charge on any atom is -0.495 e. The van der Waals surface area contributed by atoms with Crippen molar-refractivity contribution in [2.75, 3.05) is 19.0 Å². The standard InChI is InChI=1S/C16H25N3O.HI/c1-12(2)10-16(8-9-16)11-18-15(17)19-13-6-4-5-7-14(13)20-3;/h4-7,12H,8-11H2,1-3H3,(H3,17,18,19);1H. The Hall–Kier alpha value is -0.980. The molecule has 1 aliphatic carbocycles. The Morgan fingerprint density at radius 2 is 2.05 bits per heavy atom. The summed E-state index contributed by atoms with van der Waals surface area (Å²) in [6.07, 6.45) is 3.78. The first-order valence-electron chi connectivity index (χ1n) is 7.25. The Balaban J connectivity index is 0.00000220. The predicted octanol–water partition coefficient (Wildman–Crippen LogP) is 3.87. The molecule has 0 saturated heterocycles. The molecule has 21 heavy (non-hydrogen) atoms. The molecule has 1 fully saturated rings. The molecule has 0 aliphatic heterocycles. The highest BCUT2D eigenvalue weighted by Crippen LogP contribution is 2.50. The summed E-state index contributed by atoms with van der Waals surface area (Å²) in [4.78, 5) is 4.51. The Bertz CT molecular complexity index is 484. The third-order valence-electron chi connectivity index (χ3n) is 3.75. The number of aliphatic imine (C=N–C) groups is 1. The molecule has 0 aromatic heterocycles. The van der Waals surface area contributed by atoms with Crippen molar-refractivity contribution in [3.05, 3.63) is 24.3 Å². The van der Waals surface area contributed by atoms with Crippen molar-refractivity contribution in [2.45, 2.75) is 33.1 Å². The van der Waals surface area contributed by atoms with Crippen LogP contribution in [0.2, 0.25) is 0 Å². The number of nitrogens with one attached hydrogen (secondary N) is 1. The average molecular weight is 403 g/mol. The van der Waals surface area contributed by atoms with E-state index in [-0.39, 0.29) is 24.0 Å². The number of halogens is 1. The van der Waals surface area contributed by atoms with Gasteiger partial charge in [0.1, 0.15) is 5.75 Å².